The Morgan fingerprint density at radius 2 is 1.86 bits per heavy atom. The fourth-order valence-electron chi connectivity index (χ4n) is 3.64. The molecule has 0 aliphatic carbocycles. The Morgan fingerprint density at radius 1 is 1.11 bits per heavy atom. The highest BCUT2D eigenvalue weighted by atomic mass is 32.2. The highest BCUT2D eigenvalue weighted by Crippen LogP contribution is 2.29. The lowest BCUT2D eigenvalue weighted by Gasteiger charge is -2.26. The standard InChI is InChI=1S/C23H23N3O8S/c1-32-20-12-15(35(30,31)26-8-10-33-11-9-26)6-7-19(20)25-22(28)14-34-23(29)17-13-21(27)24-18-5-3-2-4-16(17)18/h2-7,12-13H,8-11,14H2,1H3,(H,24,27)(H,25,28). The number of pyridine rings is 1. The maximum atomic E-state index is 12.9. The Balaban J connectivity index is 1.45. The molecule has 1 fully saturated rings. The second kappa shape index (κ2) is 10.3. The number of nitrogens with one attached hydrogen (secondary N) is 2. The number of amides is 1. The number of para-hydroxylation sites is 1. The quantitative estimate of drug-likeness (QED) is 0.462. The highest BCUT2D eigenvalue weighted by molar-refractivity contribution is 7.89. The van der Waals surface area contributed by atoms with Crippen molar-refractivity contribution < 1.29 is 32.2 Å². The molecule has 35 heavy (non-hydrogen) atoms. The second-order valence-corrected chi connectivity index (χ2v) is 9.53. The lowest BCUT2D eigenvalue weighted by Crippen LogP contribution is -2.40. The van der Waals surface area contributed by atoms with Gasteiger partial charge in [-0.05, 0) is 18.2 Å². The van der Waals surface area contributed by atoms with Crippen molar-refractivity contribution in [2.45, 2.75) is 4.90 Å². The van der Waals surface area contributed by atoms with Crippen molar-refractivity contribution in [2.75, 3.05) is 45.3 Å². The molecule has 0 atom stereocenters. The summed E-state index contributed by atoms with van der Waals surface area (Å²) in [6.07, 6.45) is 0. The van der Waals surface area contributed by atoms with Crippen molar-refractivity contribution in [1.29, 1.82) is 0 Å². The molecule has 1 aromatic heterocycles. The Bertz CT molecular complexity index is 1430. The number of sulfonamides is 1. The van der Waals surface area contributed by atoms with Crippen molar-refractivity contribution in [3.63, 3.8) is 0 Å². The van der Waals surface area contributed by atoms with E-state index in [1.807, 2.05) is 0 Å². The Hall–Kier alpha value is -3.74. The molecule has 0 spiro atoms. The highest BCUT2D eigenvalue weighted by Gasteiger charge is 2.27. The van der Waals surface area contributed by atoms with Gasteiger partial charge < -0.3 is 24.5 Å². The van der Waals surface area contributed by atoms with Crippen LogP contribution in [0, 0.1) is 0 Å². The van der Waals surface area contributed by atoms with E-state index < -0.39 is 34.1 Å². The van der Waals surface area contributed by atoms with Gasteiger partial charge in [0.1, 0.15) is 5.75 Å². The fourth-order valence-corrected chi connectivity index (χ4v) is 5.06. The molecular weight excluding hydrogens is 478 g/mol. The number of esters is 1. The number of carbonyl (C=O) groups is 2. The molecule has 2 heterocycles. The van der Waals surface area contributed by atoms with Crippen LogP contribution in [0.3, 0.4) is 0 Å². The maximum absolute atomic E-state index is 12.9. The summed E-state index contributed by atoms with van der Waals surface area (Å²) in [6, 6.07) is 11.9. The van der Waals surface area contributed by atoms with Crippen LogP contribution < -0.4 is 15.6 Å². The van der Waals surface area contributed by atoms with E-state index in [2.05, 4.69) is 10.3 Å². The number of fused-ring (bicyclic) bond motifs is 1. The largest absolute Gasteiger partial charge is 0.495 e. The van der Waals surface area contributed by atoms with E-state index in [1.54, 1.807) is 24.3 Å². The number of hydrogen-bond donors (Lipinski definition) is 2. The van der Waals surface area contributed by atoms with Crippen molar-refractivity contribution in [1.82, 2.24) is 9.29 Å². The van der Waals surface area contributed by atoms with Gasteiger partial charge in [-0.25, -0.2) is 13.2 Å². The van der Waals surface area contributed by atoms with E-state index in [0.29, 0.717) is 24.1 Å². The van der Waals surface area contributed by atoms with Gasteiger partial charge >= 0.3 is 5.97 Å². The molecule has 0 saturated carbocycles. The van der Waals surface area contributed by atoms with Crippen LogP contribution in [0.25, 0.3) is 10.9 Å². The number of aromatic nitrogens is 1. The molecule has 11 nitrogen and oxygen atoms in total. The van der Waals surface area contributed by atoms with E-state index in [1.165, 1.54) is 29.6 Å². The van der Waals surface area contributed by atoms with Gasteiger partial charge in [0.15, 0.2) is 6.61 Å². The minimum atomic E-state index is -3.75. The van der Waals surface area contributed by atoms with Crippen LogP contribution in [0.2, 0.25) is 0 Å². The van der Waals surface area contributed by atoms with Crippen LogP contribution in [-0.4, -0.2) is 69.6 Å². The molecule has 184 valence electrons. The zero-order valence-electron chi connectivity index (χ0n) is 18.8. The normalized spacial score (nSPS) is 14.4. The number of morpholine rings is 1. The minimum absolute atomic E-state index is 0.0156. The van der Waals surface area contributed by atoms with Crippen LogP contribution in [0.5, 0.6) is 5.75 Å². The van der Waals surface area contributed by atoms with E-state index in [9.17, 15) is 22.8 Å². The number of nitrogens with zero attached hydrogens (tertiary/aromatic N) is 1. The van der Waals surface area contributed by atoms with E-state index in [4.69, 9.17) is 14.2 Å². The smallest absolute Gasteiger partial charge is 0.339 e. The minimum Gasteiger partial charge on any atom is -0.495 e. The van der Waals surface area contributed by atoms with Crippen LogP contribution in [0.4, 0.5) is 5.69 Å². The molecule has 2 aromatic carbocycles. The number of methoxy groups -OCH3 is 1. The molecule has 1 saturated heterocycles. The lowest BCUT2D eigenvalue weighted by atomic mass is 10.1. The van der Waals surface area contributed by atoms with Crippen LogP contribution in [0.1, 0.15) is 10.4 Å². The van der Waals surface area contributed by atoms with Crippen molar-refractivity contribution in [2.24, 2.45) is 0 Å². The zero-order chi connectivity index (χ0) is 25.0. The first-order valence-corrected chi connectivity index (χ1v) is 12.1. The first kappa shape index (κ1) is 24.4. The average molecular weight is 502 g/mol. The van der Waals surface area contributed by atoms with E-state index in [0.717, 1.165) is 6.07 Å². The third kappa shape index (κ3) is 5.34. The predicted molar refractivity (Wildman–Crippen MR) is 126 cm³/mol. The van der Waals surface area contributed by atoms with Gasteiger partial charge in [0.2, 0.25) is 15.6 Å². The summed E-state index contributed by atoms with van der Waals surface area (Å²) in [5, 5.41) is 3.02. The summed E-state index contributed by atoms with van der Waals surface area (Å²) in [4.78, 5) is 39.4. The van der Waals surface area contributed by atoms with Crippen LogP contribution in [0.15, 0.2) is 58.2 Å². The number of H-pyrrole nitrogens is 1. The van der Waals surface area contributed by atoms with Gasteiger partial charge in [0.05, 0.1) is 36.5 Å². The topological polar surface area (TPSA) is 144 Å². The zero-order valence-corrected chi connectivity index (χ0v) is 19.6. The first-order valence-electron chi connectivity index (χ1n) is 10.6. The summed E-state index contributed by atoms with van der Waals surface area (Å²) in [6.45, 7) is 0.498. The van der Waals surface area contributed by atoms with Gasteiger partial charge in [-0.2, -0.15) is 4.31 Å². The number of ether oxygens (including phenoxy) is 3. The molecule has 3 aromatic rings. The molecule has 0 radical (unpaired) electrons. The van der Waals surface area contributed by atoms with Crippen molar-refractivity contribution in [3.05, 3.63) is 64.4 Å². The second-order valence-electron chi connectivity index (χ2n) is 7.60. The van der Waals surface area contributed by atoms with Gasteiger partial charge in [-0.1, -0.05) is 18.2 Å². The van der Waals surface area contributed by atoms with E-state index in [-0.39, 0.29) is 35.0 Å². The SMILES string of the molecule is COc1cc(S(=O)(=O)N2CCOCC2)ccc1NC(=O)COC(=O)c1cc(=O)[nH]c2ccccc12. The third-order valence-electron chi connectivity index (χ3n) is 5.36. The van der Waals surface area contributed by atoms with Gasteiger partial charge in [-0.15, -0.1) is 0 Å². The van der Waals surface area contributed by atoms with Crippen molar-refractivity contribution >= 4 is 38.5 Å². The number of benzene rings is 2. The molecule has 12 heteroatoms. The third-order valence-corrected chi connectivity index (χ3v) is 7.25. The Labute approximate surface area is 200 Å². The Morgan fingerprint density at radius 3 is 2.60 bits per heavy atom. The summed E-state index contributed by atoms with van der Waals surface area (Å²) < 4.78 is 42.6. The molecule has 1 aliphatic rings. The summed E-state index contributed by atoms with van der Waals surface area (Å²) in [5.41, 5.74) is 0.230. The monoisotopic (exact) mass is 501 g/mol. The molecular formula is C23H23N3O8S. The molecule has 2 N–H and O–H groups in total. The van der Waals surface area contributed by atoms with Gasteiger partial charge in [-0.3, -0.25) is 9.59 Å². The fraction of sp³-hybridized carbons (Fsp3) is 0.261. The molecule has 0 unspecified atom stereocenters. The summed E-state index contributed by atoms with van der Waals surface area (Å²) in [5.74, 6) is -1.38. The predicted octanol–water partition coefficient (Wildman–Crippen LogP) is 1.35. The molecule has 4 rings (SSSR count). The number of anilines is 1. The Kier molecular flexibility index (Phi) is 7.15. The number of hydrogen-bond acceptors (Lipinski definition) is 8. The number of rotatable bonds is 7. The van der Waals surface area contributed by atoms with Crippen LogP contribution >= 0.6 is 0 Å². The molecule has 1 aliphatic heterocycles. The van der Waals surface area contributed by atoms with Crippen LogP contribution in [-0.2, 0) is 24.3 Å². The first-order chi connectivity index (χ1) is 16.8. The maximum Gasteiger partial charge on any atom is 0.339 e. The number of carbonyl (C=O) groups excluding carboxylic acids is 2. The van der Waals surface area contributed by atoms with Gasteiger partial charge in [0.25, 0.3) is 5.91 Å². The van der Waals surface area contributed by atoms with Crippen molar-refractivity contribution in [3.8, 4) is 5.75 Å². The number of aromatic amines is 1. The summed E-state index contributed by atoms with van der Waals surface area (Å²) in [7, 11) is -2.41. The summed E-state index contributed by atoms with van der Waals surface area (Å²) >= 11 is 0. The van der Waals surface area contributed by atoms with Gasteiger partial charge in [0, 0.05) is 36.1 Å². The molecule has 1 amide bonds. The lowest BCUT2D eigenvalue weighted by molar-refractivity contribution is -0.119. The average Bonchev–Trinajstić information content (AvgIpc) is 2.87. The molecule has 0 bridgehead atoms. The van der Waals surface area contributed by atoms with E-state index >= 15 is 0 Å².